The third-order valence-corrected chi connectivity index (χ3v) is 3.52. The molecule has 6 N–H and O–H groups in total. The molecule has 1 atom stereocenters. The number of ether oxygens (including phenoxy) is 2. The average molecular weight is 365 g/mol. The lowest BCUT2D eigenvalue weighted by atomic mass is 10.1. The van der Waals surface area contributed by atoms with E-state index < -0.39 is 24.0 Å². The van der Waals surface area contributed by atoms with Crippen LogP contribution in [-0.4, -0.2) is 50.7 Å². The number of guanidine groups is 1. The second-order valence-corrected chi connectivity index (χ2v) is 5.20. The van der Waals surface area contributed by atoms with Crippen molar-refractivity contribution in [3.8, 4) is 0 Å². The predicted molar refractivity (Wildman–Crippen MR) is 95.6 cm³/mol. The van der Waals surface area contributed by atoms with Gasteiger partial charge in [-0.2, -0.15) is 0 Å². The Morgan fingerprint density at radius 3 is 2.31 bits per heavy atom. The van der Waals surface area contributed by atoms with Crippen LogP contribution in [0.2, 0.25) is 0 Å². The third-order valence-electron chi connectivity index (χ3n) is 3.52. The standard InChI is InChI=1S/C16H23N5O5/c1-25-13(22)10-6-3-4-7-11(10)21(16(19)24)12(14(23)26-2)8-5-9-20-15(17)18/h3-4,6-7,12H,5,8-9H2,1-2H3,(H2,19,24)(H4,17,18,20)/t12-/m0/s1. The van der Waals surface area contributed by atoms with Gasteiger partial charge in [-0.3, -0.25) is 9.89 Å². The van der Waals surface area contributed by atoms with Crippen molar-refractivity contribution in [2.75, 3.05) is 25.7 Å². The number of urea groups is 1. The Bertz CT molecular complexity index is 687. The number of esters is 2. The molecular formula is C16H23N5O5. The zero-order valence-corrected chi connectivity index (χ0v) is 14.7. The molecule has 0 radical (unpaired) electrons. The molecule has 0 saturated carbocycles. The number of aliphatic imine (C=N–C) groups is 1. The first kappa shape index (κ1) is 20.7. The van der Waals surface area contributed by atoms with Crippen LogP contribution in [0.4, 0.5) is 10.5 Å². The van der Waals surface area contributed by atoms with E-state index in [9.17, 15) is 14.4 Å². The highest BCUT2D eigenvalue weighted by atomic mass is 16.5. The van der Waals surface area contributed by atoms with Gasteiger partial charge in [0.15, 0.2) is 5.96 Å². The van der Waals surface area contributed by atoms with Crippen molar-refractivity contribution in [3.63, 3.8) is 0 Å². The summed E-state index contributed by atoms with van der Waals surface area (Å²) in [5.74, 6) is -1.44. The van der Waals surface area contributed by atoms with Crippen LogP contribution >= 0.6 is 0 Å². The monoisotopic (exact) mass is 365 g/mol. The molecular weight excluding hydrogens is 342 g/mol. The summed E-state index contributed by atoms with van der Waals surface area (Å²) in [6, 6.07) is 4.18. The Hall–Kier alpha value is -3.30. The Balaban J connectivity index is 3.25. The fourth-order valence-corrected chi connectivity index (χ4v) is 2.39. The molecule has 2 amide bonds. The number of hydrogen-bond donors (Lipinski definition) is 3. The SMILES string of the molecule is COC(=O)c1ccccc1N(C(N)=O)[C@@H](CCCN=C(N)N)C(=O)OC. The lowest BCUT2D eigenvalue weighted by Gasteiger charge is -2.29. The van der Waals surface area contributed by atoms with Gasteiger partial charge in [-0.05, 0) is 25.0 Å². The van der Waals surface area contributed by atoms with Crippen LogP contribution in [0, 0.1) is 0 Å². The molecule has 142 valence electrons. The summed E-state index contributed by atoms with van der Waals surface area (Å²) in [4.78, 5) is 41.2. The molecule has 1 aromatic carbocycles. The fourth-order valence-electron chi connectivity index (χ4n) is 2.39. The largest absolute Gasteiger partial charge is 0.467 e. The second kappa shape index (κ2) is 9.87. The van der Waals surface area contributed by atoms with Gasteiger partial charge in [0.05, 0.1) is 25.5 Å². The number of para-hydroxylation sites is 1. The van der Waals surface area contributed by atoms with Crippen molar-refractivity contribution in [1.29, 1.82) is 0 Å². The molecule has 0 aliphatic carbocycles. The number of nitrogens with zero attached hydrogens (tertiary/aromatic N) is 2. The van der Waals surface area contributed by atoms with Gasteiger partial charge in [-0.15, -0.1) is 0 Å². The van der Waals surface area contributed by atoms with Crippen LogP contribution in [0.1, 0.15) is 23.2 Å². The zero-order chi connectivity index (χ0) is 19.7. The molecule has 0 aromatic heterocycles. The molecule has 1 rings (SSSR count). The van der Waals surface area contributed by atoms with Crippen molar-refractivity contribution >= 4 is 29.6 Å². The number of rotatable bonds is 8. The Labute approximate surface area is 150 Å². The maximum Gasteiger partial charge on any atom is 0.339 e. The molecule has 26 heavy (non-hydrogen) atoms. The van der Waals surface area contributed by atoms with Crippen LogP contribution in [-0.2, 0) is 14.3 Å². The minimum atomic E-state index is -1.06. The van der Waals surface area contributed by atoms with E-state index in [-0.39, 0.29) is 30.2 Å². The second-order valence-electron chi connectivity index (χ2n) is 5.20. The number of hydrogen-bond acceptors (Lipinski definition) is 6. The van der Waals surface area contributed by atoms with Gasteiger partial charge in [-0.1, -0.05) is 12.1 Å². The maximum atomic E-state index is 12.2. The number of amides is 2. The average Bonchev–Trinajstić information content (AvgIpc) is 2.62. The number of carbonyl (C=O) groups excluding carboxylic acids is 3. The third kappa shape index (κ3) is 5.36. The van der Waals surface area contributed by atoms with Crippen molar-refractivity contribution in [3.05, 3.63) is 29.8 Å². The van der Waals surface area contributed by atoms with E-state index in [0.29, 0.717) is 6.42 Å². The molecule has 0 unspecified atom stereocenters. The maximum absolute atomic E-state index is 12.2. The van der Waals surface area contributed by atoms with Gasteiger partial charge >= 0.3 is 18.0 Å². The number of carbonyl (C=O) groups is 3. The van der Waals surface area contributed by atoms with Crippen molar-refractivity contribution in [1.82, 2.24) is 0 Å². The minimum Gasteiger partial charge on any atom is -0.467 e. The van der Waals surface area contributed by atoms with Crippen molar-refractivity contribution < 1.29 is 23.9 Å². The van der Waals surface area contributed by atoms with E-state index in [1.54, 1.807) is 12.1 Å². The van der Waals surface area contributed by atoms with Crippen LogP contribution in [0.3, 0.4) is 0 Å². The van der Waals surface area contributed by atoms with Crippen LogP contribution in [0.15, 0.2) is 29.3 Å². The number of anilines is 1. The Morgan fingerprint density at radius 2 is 1.77 bits per heavy atom. The normalized spacial score (nSPS) is 11.2. The molecule has 0 aliphatic rings. The number of primary amides is 1. The van der Waals surface area contributed by atoms with Gasteiger partial charge in [0.1, 0.15) is 6.04 Å². The smallest absolute Gasteiger partial charge is 0.339 e. The molecule has 0 saturated heterocycles. The summed E-state index contributed by atoms with van der Waals surface area (Å²) >= 11 is 0. The summed E-state index contributed by atoms with van der Waals surface area (Å²) in [5, 5.41) is 0. The quantitative estimate of drug-likeness (QED) is 0.252. The summed E-state index contributed by atoms with van der Waals surface area (Å²) in [6.07, 6.45) is 0.545. The molecule has 10 nitrogen and oxygen atoms in total. The van der Waals surface area contributed by atoms with E-state index in [4.69, 9.17) is 26.7 Å². The first-order valence-electron chi connectivity index (χ1n) is 7.72. The highest BCUT2D eigenvalue weighted by molar-refractivity contribution is 6.04. The van der Waals surface area contributed by atoms with Gasteiger partial charge in [0, 0.05) is 6.54 Å². The molecule has 0 aliphatic heterocycles. The molecule has 1 aromatic rings. The van der Waals surface area contributed by atoms with Crippen molar-refractivity contribution in [2.24, 2.45) is 22.2 Å². The van der Waals surface area contributed by atoms with Gasteiger partial charge in [-0.25, -0.2) is 14.4 Å². The molecule has 10 heteroatoms. The zero-order valence-electron chi connectivity index (χ0n) is 14.7. The van der Waals surface area contributed by atoms with Gasteiger partial charge in [0.2, 0.25) is 0 Å². The summed E-state index contributed by atoms with van der Waals surface area (Å²) in [6.45, 7) is 0.251. The predicted octanol–water partition coefficient (Wildman–Crippen LogP) is -0.0465. The van der Waals surface area contributed by atoms with E-state index in [1.165, 1.54) is 26.4 Å². The number of benzene rings is 1. The topological polar surface area (TPSA) is 163 Å². The van der Waals surface area contributed by atoms with Gasteiger partial charge < -0.3 is 26.7 Å². The van der Waals surface area contributed by atoms with Crippen LogP contribution in [0.25, 0.3) is 0 Å². The Kier molecular flexibility index (Phi) is 7.87. The number of methoxy groups -OCH3 is 2. The lowest BCUT2D eigenvalue weighted by molar-refractivity contribution is -0.142. The van der Waals surface area contributed by atoms with E-state index in [2.05, 4.69) is 4.99 Å². The van der Waals surface area contributed by atoms with Gasteiger partial charge in [0.25, 0.3) is 0 Å². The van der Waals surface area contributed by atoms with Crippen molar-refractivity contribution in [2.45, 2.75) is 18.9 Å². The first-order valence-corrected chi connectivity index (χ1v) is 7.72. The molecule has 0 spiro atoms. The van der Waals surface area contributed by atoms with Crippen LogP contribution < -0.4 is 22.1 Å². The number of nitrogens with two attached hydrogens (primary N) is 3. The Morgan fingerprint density at radius 1 is 1.12 bits per heavy atom. The lowest BCUT2D eigenvalue weighted by Crippen LogP contribution is -2.49. The van der Waals surface area contributed by atoms with E-state index in [0.717, 1.165) is 4.90 Å². The summed E-state index contributed by atoms with van der Waals surface area (Å²) in [7, 11) is 2.40. The van der Waals surface area contributed by atoms with E-state index >= 15 is 0 Å². The summed E-state index contributed by atoms with van der Waals surface area (Å²) < 4.78 is 9.50. The molecule has 0 bridgehead atoms. The highest BCUT2D eigenvalue weighted by Crippen LogP contribution is 2.25. The summed E-state index contributed by atoms with van der Waals surface area (Å²) in [5.41, 5.74) is 16.2. The first-order chi connectivity index (χ1) is 12.3. The van der Waals surface area contributed by atoms with E-state index in [1.807, 2.05) is 0 Å². The molecule has 0 heterocycles. The van der Waals surface area contributed by atoms with Crippen LogP contribution in [0.5, 0.6) is 0 Å². The molecule has 0 fully saturated rings. The fraction of sp³-hybridized carbons (Fsp3) is 0.375. The highest BCUT2D eigenvalue weighted by Gasteiger charge is 2.33. The minimum absolute atomic E-state index is 0.0811.